The summed E-state index contributed by atoms with van der Waals surface area (Å²) < 4.78 is 45.0. The highest BCUT2D eigenvalue weighted by atomic mass is 19.2. The topological polar surface area (TPSA) is 0 Å². The first-order chi connectivity index (χ1) is 15.1. The van der Waals surface area contributed by atoms with Crippen molar-refractivity contribution in [2.75, 3.05) is 0 Å². The predicted molar refractivity (Wildman–Crippen MR) is 126 cm³/mol. The third-order valence-corrected chi connectivity index (χ3v) is 6.91. The van der Waals surface area contributed by atoms with Crippen LogP contribution in [0.1, 0.15) is 70.4 Å². The van der Waals surface area contributed by atoms with Gasteiger partial charge in [-0.3, -0.25) is 0 Å². The molecule has 0 spiro atoms. The van der Waals surface area contributed by atoms with Gasteiger partial charge < -0.3 is 0 Å². The van der Waals surface area contributed by atoms with Gasteiger partial charge in [0.1, 0.15) is 5.82 Å². The lowest BCUT2D eigenvalue weighted by molar-refractivity contribution is 0.347. The molecule has 0 aromatic heterocycles. The molecule has 0 atom stereocenters. The SMILES string of the molecule is CC1CCC(c2ccc(-c3ccc(-c4ccc(C(C)(C)C)cc4)c(F)c3F)c(F)c2)CC1. The number of halogens is 3. The molecule has 0 amide bonds. The van der Waals surface area contributed by atoms with Crippen molar-refractivity contribution in [1.29, 1.82) is 0 Å². The molecule has 32 heavy (non-hydrogen) atoms. The molecule has 3 heteroatoms. The average molecular weight is 437 g/mol. The minimum atomic E-state index is -1.01. The van der Waals surface area contributed by atoms with Gasteiger partial charge in [0.25, 0.3) is 0 Å². The fraction of sp³-hybridized carbons (Fsp3) is 0.379. The third-order valence-electron chi connectivity index (χ3n) is 6.91. The molecule has 1 aliphatic carbocycles. The highest BCUT2D eigenvalue weighted by Gasteiger charge is 2.23. The molecule has 0 radical (unpaired) electrons. The summed E-state index contributed by atoms with van der Waals surface area (Å²) >= 11 is 0. The summed E-state index contributed by atoms with van der Waals surface area (Å²) in [7, 11) is 0. The van der Waals surface area contributed by atoms with Crippen molar-refractivity contribution in [2.24, 2.45) is 5.92 Å². The Labute approximate surface area is 189 Å². The van der Waals surface area contributed by atoms with Gasteiger partial charge >= 0.3 is 0 Å². The molecule has 1 fully saturated rings. The molecule has 4 rings (SSSR count). The van der Waals surface area contributed by atoms with Crippen molar-refractivity contribution in [3.8, 4) is 22.3 Å². The summed E-state index contributed by atoms with van der Waals surface area (Å²) in [5.41, 5.74) is 2.89. The molecule has 0 bridgehead atoms. The molecule has 0 N–H and O–H groups in total. The largest absolute Gasteiger partial charge is 0.206 e. The van der Waals surface area contributed by atoms with E-state index in [9.17, 15) is 4.39 Å². The van der Waals surface area contributed by atoms with Gasteiger partial charge in [-0.2, -0.15) is 0 Å². The average Bonchev–Trinajstić information content (AvgIpc) is 2.76. The number of rotatable bonds is 3. The van der Waals surface area contributed by atoms with Gasteiger partial charge in [-0.1, -0.05) is 89.1 Å². The van der Waals surface area contributed by atoms with Crippen molar-refractivity contribution in [1.82, 2.24) is 0 Å². The second kappa shape index (κ2) is 8.77. The Balaban J connectivity index is 1.63. The Morgan fingerprint density at radius 3 is 1.84 bits per heavy atom. The van der Waals surface area contributed by atoms with Gasteiger partial charge in [-0.05, 0) is 52.8 Å². The smallest absolute Gasteiger partial charge is 0.167 e. The molecule has 0 unspecified atom stereocenters. The number of hydrogen-bond acceptors (Lipinski definition) is 0. The second-order valence-corrected chi connectivity index (χ2v) is 10.3. The van der Waals surface area contributed by atoms with Gasteiger partial charge in [-0.25, -0.2) is 13.2 Å². The predicted octanol–water partition coefficient (Wildman–Crippen LogP) is 9.03. The van der Waals surface area contributed by atoms with Crippen molar-refractivity contribution < 1.29 is 13.2 Å². The summed E-state index contributed by atoms with van der Waals surface area (Å²) in [5, 5.41) is 0. The fourth-order valence-electron chi connectivity index (χ4n) is 4.73. The zero-order valence-electron chi connectivity index (χ0n) is 19.3. The van der Waals surface area contributed by atoms with E-state index in [4.69, 9.17) is 0 Å². The lowest BCUT2D eigenvalue weighted by Gasteiger charge is -2.26. The van der Waals surface area contributed by atoms with Gasteiger partial charge in [0.15, 0.2) is 11.6 Å². The molecule has 3 aromatic carbocycles. The van der Waals surface area contributed by atoms with Crippen LogP contribution in [0.4, 0.5) is 13.2 Å². The summed E-state index contributed by atoms with van der Waals surface area (Å²) in [5.74, 6) is -1.40. The third kappa shape index (κ3) is 4.48. The van der Waals surface area contributed by atoms with Crippen LogP contribution in [-0.2, 0) is 5.41 Å². The van der Waals surface area contributed by atoms with Crippen molar-refractivity contribution in [2.45, 2.75) is 64.7 Å². The van der Waals surface area contributed by atoms with Gasteiger partial charge in [0.05, 0.1) is 0 Å². The maximum absolute atomic E-state index is 15.0. The summed E-state index contributed by atoms with van der Waals surface area (Å²) in [6.07, 6.45) is 4.38. The van der Waals surface area contributed by atoms with E-state index in [0.717, 1.165) is 42.7 Å². The zero-order chi connectivity index (χ0) is 23.0. The normalized spacial score (nSPS) is 19.2. The highest BCUT2D eigenvalue weighted by Crippen LogP contribution is 2.38. The molecular formula is C29H31F3. The Bertz CT molecular complexity index is 1100. The number of hydrogen-bond donors (Lipinski definition) is 0. The first-order valence-corrected chi connectivity index (χ1v) is 11.5. The van der Waals surface area contributed by atoms with Crippen LogP contribution < -0.4 is 0 Å². The minimum Gasteiger partial charge on any atom is -0.206 e. The first-order valence-electron chi connectivity index (χ1n) is 11.5. The molecule has 0 aliphatic heterocycles. The lowest BCUT2D eigenvalue weighted by Crippen LogP contribution is -2.11. The second-order valence-electron chi connectivity index (χ2n) is 10.3. The van der Waals surface area contributed by atoms with Gasteiger partial charge in [-0.15, -0.1) is 0 Å². The quantitative estimate of drug-likeness (QED) is 0.384. The van der Waals surface area contributed by atoms with Gasteiger partial charge in [0, 0.05) is 16.7 Å². The van der Waals surface area contributed by atoms with E-state index in [1.807, 2.05) is 18.2 Å². The van der Waals surface area contributed by atoms with E-state index in [1.54, 1.807) is 18.2 Å². The van der Waals surface area contributed by atoms with Gasteiger partial charge in [0.2, 0.25) is 0 Å². The Kier molecular flexibility index (Phi) is 6.20. The van der Waals surface area contributed by atoms with Crippen molar-refractivity contribution in [3.05, 3.63) is 83.2 Å². The van der Waals surface area contributed by atoms with E-state index >= 15 is 8.78 Å². The Morgan fingerprint density at radius 2 is 1.25 bits per heavy atom. The molecule has 3 aromatic rings. The standard InChI is InChI=1S/C29H31F3/c1-18-5-7-19(8-6-18)21-11-14-24(26(30)17-21)25-16-15-23(27(31)28(25)32)20-9-12-22(13-10-20)29(2,3)4/h9-19H,5-8H2,1-4H3. The summed E-state index contributed by atoms with van der Waals surface area (Å²) in [4.78, 5) is 0. The maximum atomic E-state index is 15.0. The van der Waals surface area contributed by atoms with E-state index < -0.39 is 17.5 Å². The van der Waals surface area contributed by atoms with E-state index in [2.05, 4.69) is 27.7 Å². The molecule has 0 heterocycles. The van der Waals surface area contributed by atoms with E-state index in [0.29, 0.717) is 11.5 Å². The first kappa shape index (κ1) is 22.6. The van der Waals surface area contributed by atoms with Crippen molar-refractivity contribution in [3.63, 3.8) is 0 Å². The summed E-state index contributed by atoms with van der Waals surface area (Å²) in [6, 6.07) is 15.5. The fourth-order valence-corrected chi connectivity index (χ4v) is 4.73. The molecule has 168 valence electrons. The van der Waals surface area contributed by atoms with Crippen LogP contribution >= 0.6 is 0 Å². The molecular weight excluding hydrogens is 405 g/mol. The van der Waals surface area contributed by atoms with E-state index in [-0.39, 0.29) is 22.1 Å². The van der Waals surface area contributed by atoms with Crippen LogP contribution in [0.2, 0.25) is 0 Å². The van der Waals surface area contributed by atoms with Crippen LogP contribution in [0.3, 0.4) is 0 Å². The van der Waals surface area contributed by atoms with Crippen LogP contribution in [0.25, 0.3) is 22.3 Å². The monoisotopic (exact) mass is 436 g/mol. The Morgan fingerprint density at radius 1 is 0.688 bits per heavy atom. The minimum absolute atomic E-state index is 0.0221. The lowest BCUT2D eigenvalue weighted by atomic mass is 9.79. The van der Waals surface area contributed by atoms with Crippen LogP contribution in [0, 0.1) is 23.4 Å². The highest BCUT2D eigenvalue weighted by molar-refractivity contribution is 5.72. The molecule has 1 aliphatic rings. The Hall–Kier alpha value is -2.55. The van der Waals surface area contributed by atoms with Crippen LogP contribution in [-0.4, -0.2) is 0 Å². The van der Waals surface area contributed by atoms with E-state index in [1.165, 1.54) is 18.2 Å². The molecule has 1 saturated carbocycles. The van der Waals surface area contributed by atoms with Crippen molar-refractivity contribution >= 4 is 0 Å². The zero-order valence-corrected chi connectivity index (χ0v) is 19.3. The maximum Gasteiger partial charge on any atom is 0.167 e. The van der Waals surface area contributed by atoms with Crippen LogP contribution in [0.5, 0.6) is 0 Å². The van der Waals surface area contributed by atoms with Crippen LogP contribution in [0.15, 0.2) is 54.6 Å². The number of benzene rings is 3. The molecule has 0 saturated heterocycles. The summed E-state index contributed by atoms with van der Waals surface area (Å²) in [6.45, 7) is 8.56. The molecule has 0 nitrogen and oxygen atoms in total.